The van der Waals surface area contributed by atoms with Crippen molar-refractivity contribution in [1.29, 1.82) is 0 Å². The highest BCUT2D eigenvalue weighted by molar-refractivity contribution is 7.89. The standard InChI is InChI=1S/C11H20F3N3O2S/c12-11(13,14)9-16-5-7-17(8-6-16)20(18,19)10-1-3-15-4-2-10/h10,15H,1-9H2. The first-order valence-electron chi connectivity index (χ1n) is 6.78. The van der Waals surface area contributed by atoms with Crippen LogP contribution in [0.4, 0.5) is 13.2 Å². The first-order chi connectivity index (χ1) is 9.29. The maximum atomic E-state index is 12.4. The van der Waals surface area contributed by atoms with Crippen LogP contribution in [0.25, 0.3) is 0 Å². The van der Waals surface area contributed by atoms with Crippen molar-refractivity contribution in [2.75, 3.05) is 45.8 Å². The third kappa shape index (κ3) is 4.06. The lowest BCUT2D eigenvalue weighted by atomic mass is 10.2. The molecule has 2 heterocycles. The van der Waals surface area contributed by atoms with Crippen LogP contribution in [-0.4, -0.2) is 74.9 Å². The van der Waals surface area contributed by atoms with E-state index in [0.29, 0.717) is 25.9 Å². The topological polar surface area (TPSA) is 52.7 Å². The Labute approximate surface area is 117 Å². The molecule has 0 atom stereocenters. The van der Waals surface area contributed by atoms with Crippen LogP contribution in [0, 0.1) is 0 Å². The van der Waals surface area contributed by atoms with Crippen LogP contribution in [-0.2, 0) is 10.0 Å². The monoisotopic (exact) mass is 315 g/mol. The Morgan fingerprint density at radius 1 is 1.05 bits per heavy atom. The van der Waals surface area contributed by atoms with Gasteiger partial charge in [0.2, 0.25) is 10.0 Å². The van der Waals surface area contributed by atoms with E-state index in [2.05, 4.69) is 5.32 Å². The molecule has 2 saturated heterocycles. The van der Waals surface area contributed by atoms with Crippen LogP contribution in [0.15, 0.2) is 0 Å². The molecule has 0 aromatic rings. The molecule has 0 bridgehead atoms. The normalized spacial score (nSPS) is 24.9. The molecule has 0 radical (unpaired) electrons. The molecule has 20 heavy (non-hydrogen) atoms. The van der Waals surface area contributed by atoms with Crippen molar-refractivity contribution in [1.82, 2.24) is 14.5 Å². The molecule has 0 unspecified atom stereocenters. The number of sulfonamides is 1. The van der Waals surface area contributed by atoms with E-state index >= 15 is 0 Å². The van der Waals surface area contributed by atoms with Gasteiger partial charge in [-0.1, -0.05) is 0 Å². The number of hydrogen-bond acceptors (Lipinski definition) is 4. The SMILES string of the molecule is O=S(=O)(C1CCNCC1)N1CCN(CC(F)(F)F)CC1. The highest BCUT2D eigenvalue weighted by Crippen LogP contribution is 2.21. The second-order valence-electron chi connectivity index (χ2n) is 5.28. The molecule has 2 aliphatic heterocycles. The molecule has 9 heteroatoms. The largest absolute Gasteiger partial charge is 0.401 e. The van der Waals surface area contributed by atoms with Crippen LogP contribution in [0.1, 0.15) is 12.8 Å². The van der Waals surface area contributed by atoms with Crippen molar-refractivity contribution in [3.05, 3.63) is 0 Å². The predicted molar refractivity (Wildman–Crippen MR) is 68.9 cm³/mol. The van der Waals surface area contributed by atoms with Crippen LogP contribution in [0.2, 0.25) is 0 Å². The number of piperazine rings is 1. The van der Waals surface area contributed by atoms with Gasteiger partial charge in [0.1, 0.15) is 0 Å². The molecule has 2 fully saturated rings. The van der Waals surface area contributed by atoms with Crippen molar-refractivity contribution >= 4 is 10.0 Å². The minimum absolute atomic E-state index is 0.143. The Morgan fingerprint density at radius 2 is 1.60 bits per heavy atom. The minimum Gasteiger partial charge on any atom is -0.317 e. The van der Waals surface area contributed by atoms with E-state index in [4.69, 9.17) is 0 Å². The molecular weight excluding hydrogens is 295 g/mol. The average Bonchev–Trinajstić information content (AvgIpc) is 2.38. The van der Waals surface area contributed by atoms with Gasteiger partial charge in [0, 0.05) is 26.2 Å². The first-order valence-corrected chi connectivity index (χ1v) is 8.28. The molecule has 0 spiro atoms. The Kier molecular flexibility index (Phi) is 4.93. The third-order valence-electron chi connectivity index (χ3n) is 3.80. The number of rotatable bonds is 3. The van der Waals surface area contributed by atoms with Crippen LogP contribution in [0.5, 0.6) is 0 Å². The van der Waals surface area contributed by atoms with Crippen LogP contribution in [0.3, 0.4) is 0 Å². The van der Waals surface area contributed by atoms with Gasteiger partial charge in [-0.05, 0) is 25.9 Å². The fourth-order valence-corrected chi connectivity index (χ4v) is 4.63. The number of nitrogens with one attached hydrogen (secondary N) is 1. The van der Waals surface area contributed by atoms with Gasteiger partial charge < -0.3 is 5.32 Å². The van der Waals surface area contributed by atoms with E-state index in [1.54, 1.807) is 0 Å². The fraction of sp³-hybridized carbons (Fsp3) is 1.00. The number of alkyl halides is 3. The van der Waals surface area contributed by atoms with E-state index in [-0.39, 0.29) is 26.2 Å². The molecule has 0 aromatic heterocycles. The van der Waals surface area contributed by atoms with Gasteiger partial charge in [0.25, 0.3) is 0 Å². The molecule has 0 aliphatic carbocycles. The van der Waals surface area contributed by atoms with Crippen LogP contribution >= 0.6 is 0 Å². The average molecular weight is 315 g/mol. The molecule has 2 rings (SSSR count). The zero-order valence-corrected chi connectivity index (χ0v) is 12.0. The van der Waals surface area contributed by atoms with Crippen LogP contribution < -0.4 is 5.32 Å². The Bertz CT molecular complexity index is 413. The fourth-order valence-electron chi connectivity index (χ4n) is 2.70. The number of nitrogens with zero attached hydrogens (tertiary/aromatic N) is 2. The lowest BCUT2D eigenvalue weighted by molar-refractivity contribution is -0.148. The Morgan fingerprint density at radius 3 is 2.10 bits per heavy atom. The zero-order valence-electron chi connectivity index (χ0n) is 11.2. The third-order valence-corrected chi connectivity index (χ3v) is 6.20. The van der Waals surface area contributed by atoms with Gasteiger partial charge in [0.05, 0.1) is 11.8 Å². The lowest BCUT2D eigenvalue weighted by Crippen LogP contribution is -2.53. The zero-order chi connectivity index (χ0) is 14.8. The van der Waals surface area contributed by atoms with E-state index in [1.165, 1.54) is 9.21 Å². The van der Waals surface area contributed by atoms with Crippen molar-refractivity contribution in [2.24, 2.45) is 0 Å². The molecule has 0 amide bonds. The summed E-state index contributed by atoms with van der Waals surface area (Å²) in [7, 11) is -3.37. The predicted octanol–water partition coefficient (Wildman–Crippen LogP) is 0.248. The molecule has 118 valence electrons. The van der Waals surface area contributed by atoms with Crippen molar-refractivity contribution < 1.29 is 21.6 Å². The summed E-state index contributed by atoms with van der Waals surface area (Å²) in [6.07, 6.45) is -3.08. The maximum absolute atomic E-state index is 12.4. The Balaban J connectivity index is 1.89. The second-order valence-corrected chi connectivity index (χ2v) is 7.50. The molecule has 1 N–H and O–H groups in total. The summed E-state index contributed by atoms with van der Waals surface area (Å²) in [5, 5.41) is 2.72. The van der Waals surface area contributed by atoms with Crippen molar-refractivity contribution in [2.45, 2.75) is 24.3 Å². The van der Waals surface area contributed by atoms with Gasteiger partial charge in [-0.3, -0.25) is 4.90 Å². The van der Waals surface area contributed by atoms with Crippen molar-refractivity contribution in [3.63, 3.8) is 0 Å². The Hall–Kier alpha value is -0.380. The molecular formula is C11H20F3N3O2S. The smallest absolute Gasteiger partial charge is 0.317 e. The van der Waals surface area contributed by atoms with Crippen molar-refractivity contribution in [3.8, 4) is 0 Å². The van der Waals surface area contributed by atoms with E-state index in [0.717, 1.165) is 0 Å². The summed E-state index contributed by atoms with van der Waals surface area (Å²) in [5.74, 6) is 0. The van der Waals surface area contributed by atoms with E-state index in [1.807, 2.05) is 0 Å². The summed E-state index contributed by atoms with van der Waals surface area (Å²) in [5.41, 5.74) is 0. The van der Waals surface area contributed by atoms with Gasteiger partial charge >= 0.3 is 6.18 Å². The summed E-state index contributed by atoms with van der Waals surface area (Å²) >= 11 is 0. The lowest BCUT2D eigenvalue weighted by Gasteiger charge is -2.36. The van der Waals surface area contributed by atoms with Gasteiger partial charge in [0.15, 0.2) is 0 Å². The number of hydrogen-bond donors (Lipinski definition) is 1. The highest BCUT2D eigenvalue weighted by atomic mass is 32.2. The maximum Gasteiger partial charge on any atom is 0.401 e. The summed E-state index contributed by atoms with van der Waals surface area (Å²) in [6, 6.07) is 0. The molecule has 5 nitrogen and oxygen atoms in total. The molecule has 0 saturated carbocycles. The van der Waals surface area contributed by atoms with E-state index in [9.17, 15) is 21.6 Å². The van der Waals surface area contributed by atoms with E-state index < -0.39 is 28.0 Å². The second kappa shape index (κ2) is 6.17. The minimum atomic E-state index is -4.23. The molecule has 0 aromatic carbocycles. The quantitative estimate of drug-likeness (QED) is 0.811. The number of halogens is 3. The first kappa shape index (κ1) is 16.0. The summed E-state index contributed by atoms with van der Waals surface area (Å²) in [6.45, 7) is 0.988. The van der Waals surface area contributed by atoms with Gasteiger partial charge in [-0.25, -0.2) is 8.42 Å². The molecule has 2 aliphatic rings. The summed E-state index contributed by atoms with van der Waals surface area (Å²) < 4.78 is 63.0. The van der Waals surface area contributed by atoms with Gasteiger partial charge in [-0.2, -0.15) is 17.5 Å². The highest BCUT2D eigenvalue weighted by Gasteiger charge is 2.37. The van der Waals surface area contributed by atoms with Gasteiger partial charge in [-0.15, -0.1) is 0 Å². The summed E-state index contributed by atoms with van der Waals surface area (Å²) in [4.78, 5) is 1.26. The number of piperidine rings is 1.